The number of nitrogens with one attached hydrogen (secondary N) is 1. The van der Waals surface area contributed by atoms with Crippen molar-refractivity contribution in [1.29, 1.82) is 0 Å². The lowest BCUT2D eigenvalue weighted by molar-refractivity contribution is -0.0972. The van der Waals surface area contributed by atoms with Gasteiger partial charge in [0.05, 0.1) is 13.2 Å². The van der Waals surface area contributed by atoms with Gasteiger partial charge in [-0.2, -0.15) is 0 Å². The molecule has 2 aliphatic heterocycles. The number of halogens is 1. The van der Waals surface area contributed by atoms with Crippen LogP contribution in [-0.2, 0) is 4.74 Å². The molecular formula is C14H26IN3O. The van der Waals surface area contributed by atoms with Crippen LogP contribution < -0.4 is 5.32 Å². The molecule has 0 aromatic heterocycles. The highest BCUT2D eigenvalue weighted by atomic mass is 127. The standard InChI is InChI=1S/C14H25N3O.HI/c1-13(10-18-11-13)8-16-12(15-2)17-7-6-14(9-17)4-3-5-14;/h3-11H2,1-2H3,(H,15,16);1H. The van der Waals surface area contributed by atoms with Crippen LogP contribution in [0.2, 0.25) is 0 Å². The number of hydrogen-bond donors (Lipinski definition) is 1. The third-order valence-corrected chi connectivity index (χ3v) is 4.94. The van der Waals surface area contributed by atoms with Crippen molar-refractivity contribution in [3.8, 4) is 0 Å². The summed E-state index contributed by atoms with van der Waals surface area (Å²) < 4.78 is 5.30. The molecule has 0 bridgehead atoms. The molecule has 1 N–H and O–H groups in total. The maximum atomic E-state index is 5.30. The zero-order valence-electron chi connectivity index (χ0n) is 12.1. The Bertz CT molecular complexity index is 351. The Balaban J connectivity index is 0.00000133. The fourth-order valence-corrected chi connectivity index (χ4v) is 3.38. The molecule has 1 saturated carbocycles. The van der Waals surface area contributed by atoms with Crippen LogP contribution in [-0.4, -0.2) is 50.8 Å². The molecule has 5 heteroatoms. The number of guanidine groups is 1. The first-order chi connectivity index (χ1) is 8.65. The number of ether oxygens (including phenoxy) is 1. The fraction of sp³-hybridized carbons (Fsp3) is 0.929. The molecule has 110 valence electrons. The molecule has 0 unspecified atom stereocenters. The van der Waals surface area contributed by atoms with Crippen LogP contribution in [0, 0.1) is 10.8 Å². The molecule has 2 saturated heterocycles. The van der Waals surface area contributed by atoms with E-state index in [1.54, 1.807) is 0 Å². The van der Waals surface area contributed by atoms with Crippen LogP contribution in [0.5, 0.6) is 0 Å². The third kappa shape index (κ3) is 3.01. The normalized spacial score (nSPS) is 27.5. The van der Waals surface area contributed by atoms with E-state index in [1.807, 2.05) is 7.05 Å². The van der Waals surface area contributed by atoms with E-state index in [1.165, 1.54) is 38.8 Å². The molecule has 2 heterocycles. The second-order valence-electron chi connectivity index (χ2n) is 6.73. The Labute approximate surface area is 133 Å². The van der Waals surface area contributed by atoms with E-state index in [9.17, 15) is 0 Å². The number of rotatable bonds is 2. The van der Waals surface area contributed by atoms with E-state index in [0.717, 1.165) is 25.7 Å². The minimum Gasteiger partial charge on any atom is -0.380 e. The molecule has 3 aliphatic rings. The van der Waals surface area contributed by atoms with Gasteiger partial charge in [0, 0.05) is 32.1 Å². The molecule has 0 aromatic rings. The number of nitrogens with zero attached hydrogens (tertiary/aromatic N) is 2. The van der Waals surface area contributed by atoms with E-state index in [4.69, 9.17) is 4.74 Å². The van der Waals surface area contributed by atoms with Crippen molar-refractivity contribution in [3.05, 3.63) is 0 Å². The SMILES string of the molecule is CN=C(NCC1(C)COC1)N1CCC2(CCC2)C1.I. The summed E-state index contributed by atoms with van der Waals surface area (Å²) >= 11 is 0. The summed E-state index contributed by atoms with van der Waals surface area (Å²) in [5, 5.41) is 3.54. The van der Waals surface area contributed by atoms with Crippen molar-refractivity contribution < 1.29 is 4.74 Å². The minimum atomic E-state index is 0. The van der Waals surface area contributed by atoms with Crippen molar-refractivity contribution in [2.24, 2.45) is 15.8 Å². The average Bonchev–Trinajstić information content (AvgIpc) is 2.72. The van der Waals surface area contributed by atoms with Crippen LogP contribution in [0.1, 0.15) is 32.6 Å². The highest BCUT2D eigenvalue weighted by molar-refractivity contribution is 14.0. The Morgan fingerprint density at radius 2 is 2.05 bits per heavy atom. The van der Waals surface area contributed by atoms with Gasteiger partial charge in [-0.1, -0.05) is 13.3 Å². The molecule has 1 spiro atoms. The molecule has 1 aliphatic carbocycles. The van der Waals surface area contributed by atoms with Gasteiger partial charge >= 0.3 is 0 Å². The Morgan fingerprint density at radius 1 is 1.32 bits per heavy atom. The summed E-state index contributed by atoms with van der Waals surface area (Å²) in [6.07, 6.45) is 5.63. The van der Waals surface area contributed by atoms with Crippen molar-refractivity contribution in [2.45, 2.75) is 32.6 Å². The van der Waals surface area contributed by atoms with Crippen LogP contribution in [0.4, 0.5) is 0 Å². The van der Waals surface area contributed by atoms with Gasteiger partial charge in [-0.3, -0.25) is 4.99 Å². The topological polar surface area (TPSA) is 36.9 Å². The fourth-order valence-electron chi connectivity index (χ4n) is 3.38. The summed E-state index contributed by atoms with van der Waals surface area (Å²) in [4.78, 5) is 6.89. The monoisotopic (exact) mass is 379 g/mol. The number of aliphatic imine (C=N–C) groups is 1. The highest BCUT2D eigenvalue weighted by Gasteiger charge is 2.43. The quantitative estimate of drug-likeness (QED) is 0.454. The van der Waals surface area contributed by atoms with Gasteiger partial charge in [-0.25, -0.2) is 0 Å². The molecule has 0 amide bonds. The Morgan fingerprint density at radius 3 is 2.47 bits per heavy atom. The molecular weight excluding hydrogens is 353 g/mol. The lowest BCUT2D eigenvalue weighted by Gasteiger charge is -2.40. The number of hydrogen-bond acceptors (Lipinski definition) is 2. The van der Waals surface area contributed by atoms with Gasteiger partial charge in [0.1, 0.15) is 0 Å². The van der Waals surface area contributed by atoms with Crippen LogP contribution in [0.25, 0.3) is 0 Å². The Kier molecular flexibility index (Phi) is 4.65. The zero-order chi connectivity index (χ0) is 12.6. The predicted molar refractivity (Wildman–Crippen MR) is 88.2 cm³/mol. The van der Waals surface area contributed by atoms with Gasteiger partial charge in [-0.05, 0) is 24.7 Å². The third-order valence-electron chi connectivity index (χ3n) is 4.94. The first-order valence-electron chi connectivity index (χ1n) is 7.18. The first kappa shape index (κ1) is 15.4. The highest BCUT2D eigenvalue weighted by Crippen LogP contribution is 2.47. The van der Waals surface area contributed by atoms with E-state index in [0.29, 0.717) is 10.8 Å². The summed E-state index contributed by atoms with van der Waals surface area (Å²) in [5.41, 5.74) is 0.949. The summed E-state index contributed by atoms with van der Waals surface area (Å²) in [6, 6.07) is 0. The largest absolute Gasteiger partial charge is 0.380 e. The van der Waals surface area contributed by atoms with Crippen molar-refractivity contribution in [1.82, 2.24) is 10.2 Å². The van der Waals surface area contributed by atoms with E-state index >= 15 is 0 Å². The molecule has 19 heavy (non-hydrogen) atoms. The molecule has 3 fully saturated rings. The molecule has 3 rings (SSSR count). The van der Waals surface area contributed by atoms with Crippen LogP contribution >= 0.6 is 24.0 Å². The lowest BCUT2D eigenvalue weighted by atomic mass is 9.68. The van der Waals surface area contributed by atoms with Crippen molar-refractivity contribution >= 4 is 29.9 Å². The summed E-state index contributed by atoms with van der Waals surface area (Å²) in [7, 11) is 1.90. The van der Waals surface area contributed by atoms with E-state index in [-0.39, 0.29) is 24.0 Å². The molecule has 0 radical (unpaired) electrons. The molecule has 0 aromatic carbocycles. The first-order valence-corrected chi connectivity index (χ1v) is 7.18. The summed E-state index contributed by atoms with van der Waals surface area (Å²) in [6.45, 7) is 7.38. The molecule has 0 atom stereocenters. The smallest absolute Gasteiger partial charge is 0.193 e. The van der Waals surface area contributed by atoms with Crippen molar-refractivity contribution in [2.75, 3.05) is 39.9 Å². The van der Waals surface area contributed by atoms with Crippen LogP contribution in [0.15, 0.2) is 4.99 Å². The summed E-state index contributed by atoms with van der Waals surface area (Å²) in [5.74, 6) is 1.09. The lowest BCUT2D eigenvalue weighted by Crippen LogP contribution is -2.51. The second kappa shape index (κ2) is 5.76. The van der Waals surface area contributed by atoms with Crippen molar-refractivity contribution in [3.63, 3.8) is 0 Å². The molecule has 4 nitrogen and oxygen atoms in total. The average molecular weight is 379 g/mol. The van der Waals surface area contributed by atoms with E-state index in [2.05, 4.69) is 22.1 Å². The van der Waals surface area contributed by atoms with Gasteiger partial charge < -0.3 is 15.0 Å². The Hall–Kier alpha value is -0.0400. The maximum absolute atomic E-state index is 5.30. The van der Waals surface area contributed by atoms with Gasteiger partial charge in [0.25, 0.3) is 0 Å². The predicted octanol–water partition coefficient (Wildman–Crippen LogP) is 2.09. The second-order valence-corrected chi connectivity index (χ2v) is 6.73. The zero-order valence-corrected chi connectivity index (χ0v) is 14.4. The minimum absolute atomic E-state index is 0. The van der Waals surface area contributed by atoms with Gasteiger partial charge in [0.2, 0.25) is 0 Å². The van der Waals surface area contributed by atoms with Crippen LogP contribution in [0.3, 0.4) is 0 Å². The van der Waals surface area contributed by atoms with Gasteiger partial charge in [0.15, 0.2) is 5.96 Å². The number of likely N-dealkylation sites (tertiary alicyclic amines) is 1. The van der Waals surface area contributed by atoms with E-state index < -0.39 is 0 Å². The van der Waals surface area contributed by atoms with Gasteiger partial charge in [-0.15, -0.1) is 24.0 Å². The maximum Gasteiger partial charge on any atom is 0.193 e.